The Morgan fingerprint density at radius 3 is 1.97 bits per heavy atom. The molecular formula is C25H26N2O2. The molecule has 0 amide bonds. The van der Waals surface area contributed by atoms with Crippen molar-refractivity contribution in [3.05, 3.63) is 102 Å². The van der Waals surface area contributed by atoms with Crippen molar-refractivity contribution in [1.29, 1.82) is 0 Å². The Kier molecular flexibility index (Phi) is 6.35. The van der Waals surface area contributed by atoms with E-state index in [0.29, 0.717) is 13.2 Å². The first-order valence-electron chi connectivity index (χ1n) is 10.1. The minimum Gasteiger partial charge on any atom is -0.379 e. The fraction of sp³-hybridized carbons (Fsp3) is 0.240. The number of hydrogen-bond donors (Lipinski definition) is 1. The van der Waals surface area contributed by atoms with Crippen LogP contribution >= 0.6 is 0 Å². The molecule has 0 aliphatic carbocycles. The van der Waals surface area contributed by atoms with E-state index in [1.54, 1.807) is 0 Å². The maximum absolute atomic E-state index is 13.7. The summed E-state index contributed by atoms with van der Waals surface area (Å²) < 4.78 is 5.57. The Morgan fingerprint density at radius 2 is 1.34 bits per heavy atom. The highest BCUT2D eigenvalue weighted by atomic mass is 16.5. The predicted molar refractivity (Wildman–Crippen MR) is 116 cm³/mol. The molecule has 3 aromatic carbocycles. The van der Waals surface area contributed by atoms with Crippen molar-refractivity contribution < 1.29 is 9.53 Å². The summed E-state index contributed by atoms with van der Waals surface area (Å²) in [6, 6.07) is 29.4. The zero-order valence-corrected chi connectivity index (χ0v) is 16.4. The summed E-state index contributed by atoms with van der Waals surface area (Å²) in [5.41, 5.74) is 2.83. The zero-order chi connectivity index (χ0) is 19.9. The van der Waals surface area contributed by atoms with Gasteiger partial charge in [-0.25, -0.2) is 0 Å². The molecule has 4 heteroatoms. The zero-order valence-electron chi connectivity index (χ0n) is 16.4. The van der Waals surface area contributed by atoms with Gasteiger partial charge in [0.05, 0.1) is 25.3 Å². The molecule has 148 valence electrons. The highest BCUT2D eigenvalue weighted by Gasteiger charge is 2.36. The summed E-state index contributed by atoms with van der Waals surface area (Å²) in [4.78, 5) is 16.0. The molecule has 0 bridgehead atoms. The molecule has 1 fully saturated rings. The van der Waals surface area contributed by atoms with Crippen LogP contribution in [0.5, 0.6) is 0 Å². The van der Waals surface area contributed by atoms with Crippen LogP contribution in [-0.2, 0) is 4.74 Å². The second-order valence-electron chi connectivity index (χ2n) is 7.22. The third kappa shape index (κ3) is 4.73. The molecule has 2 atom stereocenters. The average Bonchev–Trinajstić information content (AvgIpc) is 2.81. The number of rotatable bonds is 7. The van der Waals surface area contributed by atoms with Gasteiger partial charge in [-0.05, 0) is 17.7 Å². The van der Waals surface area contributed by atoms with Crippen LogP contribution in [0.1, 0.15) is 22.0 Å². The molecule has 0 saturated carbocycles. The number of hydrogen-bond acceptors (Lipinski definition) is 4. The molecule has 0 spiro atoms. The van der Waals surface area contributed by atoms with Crippen molar-refractivity contribution in [2.75, 3.05) is 31.6 Å². The number of anilines is 1. The van der Waals surface area contributed by atoms with Gasteiger partial charge in [-0.1, -0.05) is 78.9 Å². The van der Waals surface area contributed by atoms with E-state index in [2.05, 4.69) is 22.3 Å². The molecule has 1 heterocycles. The Hall–Kier alpha value is -2.95. The number of carbonyl (C=O) groups excluding carboxylic acids is 1. The molecule has 1 aliphatic rings. The lowest BCUT2D eigenvalue weighted by atomic mass is 9.90. The van der Waals surface area contributed by atoms with Crippen molar-refractivity contribution in [2.45, 2.75) is 12.1 Å². The number of ketones is 1. The fourth-order valence-electron chi connectivity index (χ4n) is 3.88. The number of nitrogens with one attached hydrogen (secondary N) is 1. The number of Topliss-reactive ketones (excluding diaryl/α,β-unsaturated/α-hetero) is 1. The van der Waals surface area contributed by atoms with Crippen LogP contribution in [0.15, 0.2) is 91.0 Å². The van der Waals surface area contributed by atoms with Gasteiger partial charge >= 0.3 is 0 Å². The maximum atomic E-state index is 13.7. The average molecular weight is 386 g/mol. The van der Waals surface area contributed by atoms with Crippen LogP contribution < -0.4 is 5.32 Å². The lowest BCUT2D eigenvalue weighted by molar-refractivity contribution is 0.0140. The maximum Gasteiger partial charge on any atom is 0.182 e. The van der Waals surface area contributed by atoms with Crippen molar-refractivity contribution in [3.8, 4) is 0 Å². The van der Waals surface area contributed by atoms with Crippen LogP contribution in [-0.4, -0.2) is 43.0 Å². The largest absolute Gasteiger partial charge is 0.379 e. The summed E-state index contributed by atoms with van der Waals surface area (Å²) in [5, 5.41) is 3.64. The van der Waals surface area contributed by atoms with E-state index in [-0.39, 0.29) is 17.9 Å². The minimum atomic E-state index is -0.330. The first-order chi connectivity index (χ1) is 14.3. The first kappa shape index (κ1) is 19.4. The van der Waals surface area contributed by atoms with Crippen LogP contribution in [0.2, 0.25) is 0 Å². The second-order valence-corrected chi connectivity index (χ2v) is 7.22. The van der Waals surface area contributed by atoms with Gasteiger partial charge in [-0.3, -0.25) is 9.69 Å². The van der Waals surface area contributed by atoms with E-state index < -0.39 is 0 Å². The third-order valence-electron chi connectivity index (χ3n) is 5.34. The number of nitrogens with zero attached hydrogens (tertiary/aromatic N) is 1. The molecule has 4 nitrogen and oxygen atoms in total. The molecule has 29 heavy (non-hydrogen) atoms. The Balaban J connectivity index is 1.75. The van der Waals surface area contributed by atoms with Crippen molar-refractivity contribution in [3.63, 3.8) is 0 Å². The fourth-order valence-corrected chi connectivity index (χ4v) is 3.88. The van der Waals surface area contributed by atoms with Crippen molar-refractivity contribution in [1.82, 2.24) is 4.90 Å². The smallest absolute Gasteiger partial charge is 0.182 e. The molecule has 1 N–H and O–H groups in total. The summed E-state index contributed by atoms with van der Waals surface area (Å²) in [6.07, 6.45) is 0. The molecule has 0 aromatic heterocycles. The highest BCUT2D eigenvalue weighted by Crippen LogP contribution is 2.29. The number of para-hydroxylation sites is 1. The number of benzene rings is 3. The summed E-state index contributed by atoms with van der Waals surface area (Å²) >= 11 is 0. The van der Waals surface area contributed by atoms with Gasteiger partial charge in [0.25, 0.3) is 0 Å². The normalized spacial score (nSPS) is 16.7. The molecule has 1 aliphatic heterocycles. The summed E-state index contributed by atoms with van der Waals surface area (Å²) in [6.45, 7) is 2.77. The molecule has 4 rings (SSSR count). The van der Waals surface area contributed by atoms with E-state index in [4.69, 9.17) is 4.74 Å². The van der Waals surface area contributed by atoms with Crippen molar-refractivity contribution in [2.24, 2.45) is 0 Å². The lowest BCUT2D eigenvalue weighted by Gasteiger charge is -2.39. The topological polar surface area (TPSA) is 41.6 Å². The highest BCUT2D eigenvalue weighted by molar-refractivity contribution is 6.01. The van der Waals surface area contributed by atoms with E-state index in [9.17, 15) is 4.79 Å². The van der Waals surface area contributed by atoms with Crippen LogP contribution in [0.3, 0.4) is 0 Å². The van der Waals surface area contributed by atoms with Gasteiger partial charge in [0.1, 0.15) is 0 Å². The van der Waals surface area contributed by atoms with Crippen LogP contribution in [0.4, 0.5) is 5.69 Å². The number of ether oxygens (including phenoxy) is 1. The van der Waals surface area contributed by atoms with Crippen LogP contribution in [0, 0.1) is 0 Å². The summed E-state index contributed by atoms with van der Waals surface area (Å²) in [5.74, 6) is 0.129. The van der Waals surface area contributed by atoms with Gasteiger partial charge in [0, 0.05) is 24.3 Å². The molecule has 3 aromatic rings. The number of carbonyl (C=O) groups is 1. The Labute approximate surface area is 172 Å². The Morgan fingerprint density at radius 1 is 0.793 bits per heavy atom. The SMILES string of the molecule is O=C(c1ccccc1)[C@@H]([C@@H](Nc1ccccc1)c1ccccc1)N1CCOCC1. The third-order valence-corrected chi connectivity index (χ3v) is 5.34. The molecule has 0 radical (unpaired) electrons. The molecular weight excluding hydrogens is 360 g/mol. The lowest BCUT2D eigenvalue weighted by Crippen LogP contribution is -2.52. The van der Waals surface area contributed by atoms with E-state index >= 15 is 0 Å². The molecule has 0 unspecified atom stereocenters. The molecule has 1 saturated heterocycles. The van der Waals surface area contributed by atoms with Gasteiger partial charge in [-0.15, -0.1) is 0 Å². The standard InChI is InChI=1S/C25H26N2O2/c28-25(21-12-6-2-7-13-21)24(27-16-18-29-19-17-27)23(20-10-4-1-5-11-20)26-22-14-8-3-9-15-22/h1-15,23-24,26H,16-19H2/t23-,24+/m0/s1. The van der Waals surface area contributed by atoms with E-state index in [0.717, 1.165) is 29.9 Å². The summed E-state index contributed by atoms with van der Waals surface area (Å²) in [7, 11) is 0. The number of morpholine rings is 1. The van der Waals surface area contributed by atoms with Gasteiger partial charge in [0.2, 0.25) is 0 Å². The van der Waals surface area contributed by atoms with Crippen LogP contribution in [0.25, 0.3) is 0 Å². The van der Waals surface area contributed by atoms with E-state index in [1.807, 2.05) is 78.9 Å². The van der Waals surface area contributed by atoms with Crippen molar-refractivity contribution >= 4 is 11.5 Å². The van der Waals surface area contributed by atoms with E-state index in [1.165, 1.54) is 0 Å². The minimum absolute atomic E-state index is 0.129. The predicted octanol–water partition coefficient (Wildman–Crippen LogP) is 4.42. The second kappa shape index (κ2) is 9.50. The van der Waals surface area contributed by atoms with Gasteiger partial charge < -0.3 is 10.1 Å². The van der Waals surface area contributed by atoms with Gasteiger partial charge in [-0.2, -0.15) is 0 Å². The first-order valence-corrected chi connectivity index (χ1v) is 10.1. The quantitative estimate of drug-likeness (QED) is 0.610. The monoisotopic (exact) mass is 386 g/mol. The van der Waals surface area contributed by atoms with Gasteiger partial charge in [0.15, 0.2) is 5.78 Å². The Bertz CT molecular complexity index is 894.